The highest BCUT2D eigenvalue weighted by atomic mass is 127. The number of hydrogen-bond acceptors (Lipinski definition) is 4. The number of hydrogen-bond donors (Lipinski definition) is 2. The third-order valence-corrected chi connectivity index (χ3v) is 3.14. The maximum Gasteiger partial charge on any atom is 0.191 e. The summed E-state index contributed by atoms with van der Waals surface area (Å²) in [4.78, 5) is 8.01. The van der Waals surface area contributed by atoms with Crippen molar-refractivity contribution >= 4 is 29.9 Å². The molecule has 1 heterocycles. The lowest BCUT2D eigenvalue weighted by atomic mass is 10.2. The van der Waals surface area contributed by atoms with Gasteiger partial charge in [-0.1, -0.05) is 6.07 Å². The summed E-state index contributed by atoms with van der Waals surface area (Å²) in [5.74, 6) is 0.850. The van der Waals surface area contributed by atoms with E-state index in [9.17, 15) is 4.39 Å². The van der Waals surface area contributed by atoms with Crippen molar-refractivity contribution in [2.45, 2.75) is 6.54 Å². The van der Waals surface area contributed by atoms with Gasteiger partial charge in [-0.05, 0) is 29.8 Å². The molecule has 25 heavy (non-hydrogen) atoms. The highest BCUT2D eigenvalue weighted by Crippen LogP contribution is 2.24. The fourth-order valence-corrected chi connectivity index (χ4v) is 1.95. The van der Waals surface area contributed by atoms with Crippen molar-refractivity contribution in [3.05, 3.63) is 54.1 Å². The zero-order chi connectivity index (χ0) is 17.2. The predicted octanol–water partition coefficient (Wildman–Crippen LogP) is 2.94. The fourth-order valence-electron chi connectivity index (χ4n) is 1.95. The molecule has 0 aliphatic heterocycles. The van der Waals surface area contributed by atoms with E-state index < -0.39 is 5.82 Å². The summed E-state index contributed by atoms with van der Waals surface area (Å²) in [5, 5.41) is 6.19. The van der Waals surface area contributed by atoms with Crippen LogP contribution in [-0.2, 0) is 11.3 Å². The predicted molar refractivity (Wildman–Crippen MR) is 106 cm³/mol. The normalized spacial score (nSPS) is 10.8. The molecule has 0 aliphatic carbocycles. The van der Waals surface area contributed by atoms with E-state index in [1.54, 1.807) is 44.6 Å². The lowest BCUT2D eigenvalue weighted by molar-refractivity contribution is 0.203. The van der Waals surface area contributed by atoms with Gasteiger partial charge in [-0.3, -0.25) is 9.98 Å². The van der Waals surface area contributed by atoms with E-state index in [2.05, 4.69) is 20.6 Å². The molecule has 0 amide bonds. The molecular formula is C17H22FIN4O2. The molecule has 0 saturated heterocycles. The molecule has 1 aromatic carbocycles. The summed E-state index contributed by atoms with van der Waals surface area (Å²) in [6.45, 7) is 1.66. The first kappa shape index (κ1) is 21.1. The van der Waals surface area contributed by atoms with Crippen molar-refractivity contribution in [2.75, 3.05) is 27.3 Å². The maximum atomic E-state index is 14.2. The van der Waals surface area contributed by atoms with Gasteiger partial charge in [-0.25, -0.2) is 4.39 Å². The number of aliphatic imine (C=N–C) groups is 1. The lowest BCUT2D eigenvalue weighted by Crippen LogP contribution is -2.38. The molecule has 0 spiro atoms. The molecular weight excluding hydrogens is 438 g/mol. The van der Waals surface area contributed by atoms with E-state index in [-0.39, 0.29) is 29.7 Å². The number of halogens is 2. The molecule has 0 radical (unpaired) electrons. The second-order valence-electron chi connectivity index (χ2n) is 4.90. The Morgan fingerprint density at radius 1 is 1.28 bits per heavy atom. The largest absolute Gasteiger partial charge is 0.453 e. The third kappa shape index (κ3) is 7.22. The summed E-state index contributed by atoms with van der Waals surface area (Å²) in [5.41, 5.74) is 0.778. The van der Waals surface area contributed by atoms with Crippen molar-refractivity contribution < 1.29 is 13.9 Å². The Balaban J connectivity index is 0.00000312. The number of aromatic nitrogens is 1. The summed E-state index contributed by atoms with van der Waals surface area (Å²) < 4.78 is 24.6. The van der Waals surface area contributed by atoms with Gasteiger partial charge in [-0.15, -0.1) is 24.0 Å². The summed E-state index contributed by atoms with van der Waals surface area (Å²) in [6, 6.07) is 8.27. The van der Waals surface area contributed by atoms with E-state index in [0.717, 1.165) is 5.56 Å². The fraction of sp³-hybridized carbons (Fsp3) is 0.294. The highest BCUT2D eigenvalue weighted by Gasteiger charge is 2.07. The molecule has 0 unspecified atom stereocenters. The first-order valence-corrected chi connectivity index (χ1v) is 7.52. The van der Waals surface area contributed by atoms with Crippen molar-refractivity contribution in [3.63, 3.8) is 0 Å². The molecule has 136 valence electrons. The molecule has 8 heteroatoms. The number of nitrogens with one attached hydrogen (secondary N) is 2. The highest BCUT2D eigenvalue weighted by molar-refractivity contribution is 14.0. The molecule has 1 aromatic heterocycles. The Bertz CT molecular complexity index is 671. The molecule has 0 atom stereocenters. The van der Waals surface area contributed by atoms with Crippen LogP contribution in [0.2, 0.25) is 0 Å². The number of ether oxygens (including phenoxy) is 2. The van der Waals surface area contributed by atoms with Crippen molar-refractivity contribution in [2.24, 2.45) is 4.99 Å². The first-order chi connectivity index (χ1) is 11.7. The standard InChI is InChI=1S/C17H21FN4O2.HI/c1-19-17(21-8-9-23-2)22-11-13-5-6-16(15(18)10-13)24-14-4-3-7-20-12-14;/h3-7,10,12H,8-9,11H2,1-2H3,(H2,19,21,22);1H. The smallest absolute Gasteiger partial charge is 0.191 e. The number of nitrogens with zero attached hydrogens (tertiary/aromatic N) is 2. The molecule has 6 nitrogen and oxygen atoms in total. The van der Waals surface area contributed by atoms with Gasteiger partial charge < -0.3 is 20.1 Å². The molecule has 0 fully saturated rings. The van der Waals surface area contributed by atoms with E-state index >= 15 is 0 Å². The monoisotopic (exact) mass is 460 g/mol. The van der Waals surface area contributed by atoms with Crippen molar-refractivity contribution in [1.82, 2.24) is 15.6 Å². The van der Waals surface area contributed by atoms with Crippen LogP contribution in [0.15, 0.2) is 47.7 Å². The Labute approximate surface area is 163 Å². The van der Waals surface area contributed by atoms with Gasteiger partial charge in [0.2, 0.25) is 0 Å². The average molecular weight is 460 g/mol. The first-order valence-electron chi connectivity index (χ1n) is 7.52. The topological polar surface area (TPSA) is 67.8 Å². The summed E-state index contributed by atoms with van der Waals surface area (Å²) >= 11 is 0. The van der Waals surface area contributed by atoms with E-state index in [0.29, 0.717) is 31.4 Å². The zero-order valence-electron chi connectivity index (χ0n) is 14.2. The van der Waals surface area contributed by atoms with Gasteiger partial charge in [0.1, 0.15) is 5.75 Å². The molecule has 2 N–H and O–H groups in total. The van der Waals surface area contributed by atoms with Gasteiger partial charge in [0.05, 0.1) is 12.8 Å². The van der Waals surface area contributed by atoms with Crippen LogP contribution in [0.5, 0.6) is 11.5 Å². The van der Waals surface area contributed by atoms with Crippen LogP contribution in [-0.4, -0.2) is 38.3 Å². The number of methoxy groups -OCH3 is 1. The minimum atomic E-state index is -0.430. The van der Waals surface area contributed by atoms with Crippen molar-refractivity contribution in [3.8, 4) is 11.5 Å². The minimum Gasteiger partial charge on any atom is -0.453 e. The van der Waals surface area contributed by atoms with Crippen LogP contribution in [0, 0.1) is 5.82 Å². The van der Waals surface area contributed by atoms with Crippen LogP contribution >= 0.6 is 24.0 Å². The van der Waals surface area contributed by atoms with Crippen molar-refractivity contribution in [1.29, 1.82) is 0 Å². The second kappa shape index (κ2) is 11.6. The Morgan fingerprint density at radius 2 is 2.12 bits per heavy atom. The zero-order valence-corrected chi connectivity index (χ0v) is 16.5. The molecule has 2 aromatic rings. The molecule has 2 rings (SSSR count). The summed E-state index contributed by atoms with van der Waals surface area (Å²) in [7, 11) is 3.31. The summed E-state index contributed by atoms with van der Waals surface area (Å²) in [6.07, 6.45) is 3.16. The van der Waals surface area contributed by atoms with Gasteiger partial charge in [0, 0.05) is 33.4 Å². The SMILES string of the molecule is CN=C(NCCOC)NCc1ccc(Oc2cccnc2)c(F)c1.I. The number of pyridine rings is 1. The van der Waals surface area contributed by atoms with Crippen LogP contribution in [0.25, 0.3) is 0 Å². The quantitative estimate of drug-likeness (QED) is 0.288. The van der Waals surface area contributed by atoms with E-state index in [1.165, 1.54) is 12.3 Å². The van der Waals surface area contributed by atoms with E-state index in [4.69, 9.17) is 9.47 Å². The van der Waals surface area contributed by atoms with Gasteiger partial charge in [0.15, 0.2) is 17.5 Å². The van der Waals surface area contributed by atoms with Gasteiger partial charge >= 0.3 is 0 Å². The van der Waals surface area contributed by atoms with Crippen LogP contribution < -0.4 is 15.4 Å². The number of rotatable bonds is 7. The van der Waals surface area contributed by atoms with Gasteiger partial charge in [0.25, 0.3) is 0 Å². The van der Waals surface area contributed by atoms with E-state index in [1.807, 2.05) is 0 Å². The van der Waals surface area contributed by atoms with Crippen LogP contribution in [0.3, 0.4) is 0 Å². The number of benzene rings is 1. The van der Waals surface area contributed by atoms with Crippen LogP contribution in [0.4, 0.5) is 4.39 Å². The Kier molecular flexibility index (Phi) is 9.78. The number of guanidine groups is 1. The lowest BCUT2D eigenvalue weighted by Gasteiger charge is -2.12. The minimum absolute atomic E-state index is 0. The average Bonchev–Trinajstić information content (AvgIpc) is 2.61. The Morgan fingerprint density at radius 3 is 2.76 bits per heavy atom. The molecule has 0 saturated carbocycles. The molecule has 0 aliphatic rings. The second-order valence-corrected chi connectivity index (χ2v) is 4.90. The Hall–Kier alpha value is -1.94. The van der Waals surface area contributed by atoms with Crippen LogP contribution in [0.1, 0.15) is 5.56 Å². The van der Waals surface area contributed by atoms with Gasteiger partial charge in [-0.2, -0.15) is 0 Å². The molecule has 0 bridgehead atoms. The maximum absolute atomic E-state index is 14.2. The third-order valence-electron chi connectivity index (χ3n) is 3.14.